The first-order chi connectivity index (χ1) is 25.3. The molecule has 6 nitrogen and oxygen atoms in total. The molecule has 0 saturated carbocycles. The summed E-state index contributed by atoms with van der Waals surface area (Å²) in [5.74, 6) is 2.32. The predicted molar refractivity (Wildman–Crippen MR) is 207 cm³/mol. The number of rotatable bonds is 4. The zero-order valence-electron chi connectivity index (χ0n) is 26.9. The third-order valence-electron chi connectivity index (χ3n) is 9.57. The molecule has 7 heteroatoms. The number of furan rings is 1. The first-order valence-electron chi connectivity index (χ1n) is 16.7. The van der Waals surface area contributed by atoms with Gasteiger partial charge in [-0.25, -0.2) is 19.9 Å². The predicted octanol–water partition coefficient (Wildman–Crippen LogP) is 12.1. The number of oxazole rings is 1. The zero-order valence-corrected chi connectivity index (χ0v) is 27.7. The average Bonchev–Trinajstić information content (AvgIpc) is 3.91. The lowest BCUT2D eigenvalue weighted by Crippen LogP contribution is -2.00. The molecule has 0 spiro atoms. The second kappa shape index (κ2) is 10.9. The van der Waals surface area contributed by atoms with Gasteiger partial charge in [0.2, 0.25) is 5.89 Å². The molecule has 0 aliphatic heterocycles. The highest BCUT2D eigenvalue weighted by atomic mass is 32.1. The van der Waals surface area contributed by atoms with Crippen LogP contribution in [0.25, 0.3) is 110 Å². The van der Waals surface area contributed by atoms with E-state index in [1.807, 2.05) is 84.9 Å². The fraction of sp³-hybridized carbons (Fsp3) is 0. The van der Waals surface area contributed by atoms with E-state index >= 15 is 0 Å². The van der Waals surface area contributed by atoms with Gasteiger partial charge >= 0.3 is 0 Å². The summed E-state index contributed by atoms with van der Waals surface area (Å²) in [6.45, 7) is 0. The van der Waals surface area contributed by atoms with Crippen LogP contribution in [0.3, 0.4) is 0 Å². The molecule has 7 aromatic carbocycles. The van der Waals surface area contributed by atoms with Crippen LogP contribution in [0.4, 0.5) is 0 Å². The molecule has 0 N–H and O–H groups in total. The van der Waals surface area contributed by atoms with Crippen LogP contribution < -0.4 is 0 Å². The van der Waals surface area contributed by atoms with E-state index in [1.54, 1.807) is 11.3 Å². The Morgan fingerprint density at radius 1 is 0.431 bits per heavy atom. The summed E-state index contributed by atoms with van der Waals surface area (Å²) < 4.78 is 15.6. The number of nitrogens with zero attached hydrogens (tertiary/aromatic N) is 4. The van der Waals surface area contributed by atoms with Crippen molar-refractivity contribution in [2.45, 2.75) is 0 Å². The molecule has 4 heterocycles. The van der Waals surface area contributed by atoms with Crippen molar-refractivity contribution in [1.82, 2.24) is 19.9 Å². The van der Waals surface area contributed by atoms with E-state index < -0.39 is 0 Å². The van der Waals surface area contributed by atoms with E-state index in [1.165, 1.54) is 15.5 Å². The topological polar surface area (TPSA) is 77.8 Å². The van der Waals surface area contributed by atoms with Crippen LogP contribution in [0.5, 0.6) is 0 Å². The number of aromatic nitrogens is 4. The maximum absolute atomic E-state index is 6.64. The van der Waals surface area contributed by atoms with Crippen molar-refractivity contribution in [1.29, 1.82) is 0 Å². The first kappa shape index (κ1) is 28.2. The molecule has 0 radical (unpaired) electrons. The molecule has 0 bridgehead atoms. The van der Waals surface area contributed by atoms with Gasteiger partial charge in [0.15, 0.2) is 23.1 Å². The molecule has 51 heavy (non-hydrogen) atoms. The van der Waals surface area contributed by atoms with Crippen LogP contribution in [-0.2, 0) is 0 Å². The molecule has 4 aromatic heterocycles. The van der Waals surface area contributed by atoms with E-state index in [4.69, 9.17) is 28.8 Å². The van der Waals surface area contributed by atoms with Gasteiger partial charge in [0.25, 0.3) is 0 Å². The van der Waals surface area contributed by atoms with E-state index in [-0.39, 0.29) is 0 Å². The summed E-state index contributed by atoms with van der Waals surface area (Å²) in [6.07, 6.45) is 0. The Bertz CT molecular complexity index is 3150. The van der Waals surface area contributed by atoms with Crippen molar-refractivity contribution in [3.63, 3.8) is 0 Å². The average molecular weight is 673 g/mol. The highest BCUT2D eigenvalue weighted by Crippen LogP contribution is 2.44. The van der Waals surface area contributed by atoms with E-state index in [9.17, 15) is 0 Å². The third-order valence-corrected chi connectivity index (χ3v) is 10.8. The fourth-order valence-electron chi connectivity index (χ4n) is 7.24. The number of fused-ring (bicyclic) bond motifs is 10. The summed E-state index contributed by atoms with van der Waals surface area (Å²) in [5, 5.41) is 6.24. The maximum atomic E-state index is 6.64. The number of thiophene rings is 1. The van der Waals surface area contributed by atoms with Gasteiger partial charge in [0.05, 0.1) is 0 Å². The molecular formula is C44H24N4O2S. The minimum Gasteiger partial charge on any atom is -0.456 e. The smallest absolute Gasteiger partial charge is 0.227 e. The lowest BCUT2D eigenvalue weighted by molar-refractivity contribution is 0.623. The molecule has 0 saturated heterocycles. The van der Waals surface area contributed by atoms with Gasteiger partial charge in [-0.2, -0.15) is 0 Å². The van der Waals surface area contributed by atoms with Crippen LogP contribution in [0, 0.1) is 0 Å². The Labute approximate surface area is 294 Å². The van der Waals surface area contributed by atoms with Gasteiger partial charge < -0.3 is 8.83 Å². The van der Waals surface area contributed by atoms with E-state index in [0.717, 1.165) is 65.2 Å². The SMILES string of the molecule is c1ccc(-c2nc(-c3cc4oc5ccccc5c4c4c3ccc3nc(-c5ccccc5)oc34)nc(-c3cccc4c3sc3ccccc34)n2)cc1. The van der Waals surface area contributed by atoms with Gasteiger partial charge in [-0.3, -0.25) is 0 Å². The van der Waals surface area contributed by atoms with Gasteiger partial charge in [-0.05, 0) is 47.9 Å². The molecule has 0 unspecified atom stereocenters. The van der Waals surface area contributed by atoms with Gasteiger partial charge in [-0.15, -0.1) is 11.3 Å². The Hall–Kier alpha value is -6.70. The summed E-state index contributed by atoms with van der Waals surface area (Å²) in [5.41, 5.74) is 6.58. The van der Waals surface area contributed by atoms with Crippen LogP contribution in [-0.4, -0.2) is 19.9 Å². The lowest BCUT2D eigenvalue weighted by Gasteiger charge is -2.11. The molecule has 11 aromatic rings. The van der Waals surface area contributed by atoms with Crippen molar-refractivity contribution in [3.05, 3.63) is 146 Å². The van der Waals surface area contributed by atoms with Crippen molar-refractivity contribution >= 4 is 75.3 Å². The largest absolute Gasteiger partial charge is 0.456 e. The molecule has 0 aliphatic carbocycles. The van der Waals surface area contributed by atoms with Crippen molar-refractivity contribution in [2.75, 3.05) is 0 Å². The van der Waals surface area contributed by atoms with Gasteiger partial charge in [-0.1, -0.05) is 103 Å². The second-order valence-electron chi connectivity index (χ2n) is 12.6. The normalized spacial score (nSPS) is 11.9. The number of hydrogen-bond donors (Lipinski definition) is 0. The van der Waals surface area contributed by atoms with Crippen molar-refractivity contribution < 1.29 is 8.83 Å². The quantitative estimate of drug-likeness (QED) is 0.185. The molecule has 0 atom stereocenters. The van der Waals surface area contributed by atoms with Crippen LogP contribution in [0.2, 0.25) is 0 Å². The molecule has 0 fully saturated rings. The van der Waals surface area contributed by atoms with Crippen LogP contribution in [0.15, 0.2) is 154 Å². The maximum Gasteiger partial charge on any atom is 0.227 e. The summed E-state index contributed by atoms with van der Waals surface area (Å²) in [6, 6.07) is 49.2. The molecule has 0 amide bonds. The highest BCUT2D eigenvalue weighted by Gasteiger charge is 2.23. The van der Waals surface area contributed by atoms with Gasteiger partial charge in [0, 0.05) is 58.6 Å². The Balaban J connectivity index is 1.24. The van der Waals surface area contributed by atoms with E-state index in [2.05, 4.69) is 60.7 Å². The minimum absolute atomic E-state index is 0.548. The lowest BCUT2D eigenvalue weighted by atomic mass is 9.97. The zero-order chi connectivity index (χ0) is 33.5. The summed E-state index contributed by atoms with van der Waals surface area (Å²) in [4.78, 5) is 20.5. The Kier molecular flexibility index (Phi) is 6.02. The third kappa shape index (κ3) is 4.35. The Morgan fingerprint density at radius 2 is 1.12 bits per heavy atom. The summed E-state index contributed by atoms with van der Waals surface area (Å²) in [7, 11) is 0. The number of hydrogen-bond acceptors (Lipinski definition) is 7. The van der Waals surface area contributed by atoms with Crippen molar-refractivity contribution in [3.8, 4) is 45.6 Å². The van der Waals surface area contributed by atoms with E-state index in [0.29, 0.717) is 28.9 Å². The molecule has 238 valence electrons. The van der Waals surface area contributed by atoms with Crippen LogP contribution in [0.1, 0.15) is 0 Å². The van der Waals surface area contributed by atoms with Crippen LogP contribution >= 0.6 is 11.3 Å². The number of benzene rings is 7. The Morgan fingerprint density at radius 3 is 1.96 bits per heavy atom. The monoisotopic (exact) mass is 672 g/mol. The molecule has 11 rings (SSSR count). The standard InChI is InChI=1S/C44H24N4O2S/c1-3-12-25(13-4-1)41-46-42(31-19-11-18-29-27-16-8-10-21-36(27)51-40(29)31)48-43(47-41)32-24-35-37(30-17-7-9-20-34(30)49-35)38-28(32)22-23-33-39(38)50-44(45-33)26-14-5-2-6-15-26/h1-24H. The molecular weight excluding hydrogens is 649 g/mol. The number of para-hydroxylation sites is 1. The van der Waals surface area contributed by atoms with Gasteiger partial charge in [0.1, 0.15) is 16.7 Å². The van der Waals surface area contributed by atoms with Crippen molar-refractivity contribution in [2.24, 2.45) is 0 Å². The second-order valence-corrected chi connectivity index (χ2v) is 13.6. The molecule has 0 aliphatic rings. The summed E-state index contributed by atoms with van der Waals surface area (Å²) >= 11 is 1.76. The minimum atomic E-state index is 0.548. The highest BCUT2D eigenvalue weighted by molar-refractivity contribution is 7.26. The fourth-order valence-corrected chi connectivity index (χ4v) is 8.45. The first-order valence-corrected chi connectivity index (χ1v) is 17.5.